The van der Waals surface area contributed by atoms with Crippen LogP contribution in [0.2, 0.25) is 0 Å². The lowest BCUT2D eigenvalue weighted by molar-refractivity contribution is -0.133. The maximum atomic E-state index is 13.1. The largest absolute Gasteiger partial charge is 0.496 e. The number of ether oxygens (including phenoxy) is 1. The molecule has 152 valence electrons. The number of amides is 2. The molecule has 3 aromatic rings. The van der Waals surface area contributed by atoms with Crippen LogP contribution in [0.15, 0.2) is 48.5 Å². The van der Waals surface area contributed by atoms with Crippen LogP contribution in [0, 0.1) is 5.92 Å². The van der Waals surface area contributed by atoms with Crippen molar-refractivity contribution in [1.29, 1.82) is 0 Å². The average molecular weight is 394 g/mol. The number of likely N-dealkylation sites (N-methyl/N-ethyl adjacent to an activating group) is 1. The predicted octanol–water partition coefficient (Wildman–Crippen LogP) is 2.98. The minimum absolute atomic E-state index is 0.0840. The van der Waals surface area contributed by atoms with Gasteiger partial charge >= 0.3 is 0 Å². The van der Waals surface area contributed by atoms with Crippen molar-refractivity contribution in [3.63, 3.8) is 0 Å². The molecule has 3 rings (SSSR count). The molecule has 7 nitrogen and oxygen atoms in total. The van der Waals surface area contributed by atoms with Crippen molar-refractivity contribution in [3.8, 4) is 5.75 Å². The molecule has 0 aliphatic carbocycles. The van der Waals surface area contributed by atoms with Crippen LogP contribution in [-0.4, -0.2) is 46.9 Å². The molecule has 29 heavy (non-hydrogen) atoms. The summed E-state index contributed by atoms with van der Waals surface area (Å²) < 4.78 is 5.26. The number of methoxy groups -OCH3 is 1. The molecule has 2 N–H and O–H groups in total. The molecular weight excluding hydrogens is 368 g/mol. The van der Waals surface area contributed by atoms with Crippen molar-refractivity contribution in [2.24, 2.45) is 5.92 Å². The molecule has 0 fully saturated rings. The molecule has 0 radical (unpaired) electrons. The van der Waals surface area contributed by atoms with Gasteiger partial charge in [0, 0.05) is 7.05 Å². The second-order valence-corrected chi connectivity index (χ2v) is 7.29. The van der Waals surface area contributed by atoms with Gasteiger partial charge in [0.25, 0.3) is 5.91 Å². The first-order valence-electron chi connectivity index (χ1n) is 9.53. The zero-order chi connectivity index (χ0) is 21.0. The minimum atomic E-state index is -0.665. The van der Waals surface area contributed by atoms with E-state index in [-0.39, 0.29) is 17.7 Å². The Morgan fingerprint density at radius 3 is 2.52 bits per heavy atom. The predicted molar refractivity (Wildman–Crippen MR) is 112 cm³/mol. The topological polar surface area (TPSA) is 87.3 Å². The Kier molecular flexibility index (Phi) is 6.16. The van der Waals surface area contributed by atoms with Gasteiger partial charge in [-0.3, -0.25) is 9.59 Å². The third-order valence-electron chi connectivity index (χ3n) is 4.77. The maximum Gasteiger partial charge on any atom is 0.255 e. The van der Waals surface area contributed by atoms with Crippen molar-refractivity contribution in [3.05, 3.63) is 59.9 Å². The molecule has 0 aliphatic heterocycles. The van der Waals surface area contributed by atoms with E-state index in [1.54, 1.807) is 36.2 Å². The molecule has 0 bridgehead atoms. The Morgan fingerprint density at radius 2 is 1.83 bits per heavy atom. The number of nitrogens with zero attached hydrogens (tertiary/aromatic N) is 2. The van der Waals surface area contributed by atoms with Crippen molar-refractivity contribution in [2.75, 3.05) is 14.2 Å². The quantitative estimate of drug-likeness (QED) is 0.645. The zero-order valence-electron chi connectivity index (χ0n) is 17.1. The highest BCUT2D eigenvalue weighted by molar-refractivity contribution is 5.99. The van der Waals surface area contributed by atoms with Crippen molar-refractivity contribution in [1.82, 2.24) is 20.2 Å². The summed E-state index contributed by atoms with van der Waals surface area (Å²) in [6.45, 7) is 4.13. The van der Waals surface area contributed by atoms with Crippen LogP contribution in [-0.2, 0) is 11.3 Å². The summed E-state index contributed by atoms with van der Waals surface area (Å²) in [5, 5.41) is 2.86. The highest BCUT2D eigenvalue weighted by Crippen LogP contribution is 2.18. The van der Waals surface area contributed by atoms with Crippen LogP contribution >= 0.6 is 0 Å². The van der Waals surface area contributed by atoms with E-state index in [2.05, 4.69) is 15.3 Å². The van der Waals surface area contributed by atoms with E-state index in [9.17, 15) is 9.59 Å². The number of aromatic nitrogens is 2. The minimum Gasteiger partial charge on any atom is -0.496 e. The number of imidazole rings is 1. The maximum absolute atomic E-state index is 13.1. The van der Waals surface area contributed by atoms with Gasteiger partial charge in [0.05, 0.1) is 30.3 Å². The van der Waals surface area contributed by atoms with Gasteiger partial charge in [-0.2, -0.15) is 0 Å². The van der Waals surface area contributed by atoms with E-state index in [0.29, 0.717) is 23.7 Å². The average Bonchev–Trinajstić information content (AvgIpc) is 3.13. The Bertz CT molecular complexity index is 979. The molecule has 1 heterocycles. The fourth-order valence-electron chi connectivity index (χ4n) is 3.19. The molecule has 1 atom stereocenters. The Labute approximate surface area is 170 Å². The number of hydrogen-bond acceptors (Lipinski definition) is 4. The van der Waals surface area contributed by atoms with Crippen LogP contribution in [0.4, 0.5) is 0 Å². The van der Waals surface area contributed by atoms with Crippen molar-refractivity contribution in [2.45, 2.75) is 26.4 Å². The van der Waals surface area contributed by atoms with E-state index < -0.39 is 6.04 Å². The monoisotopic (exact) mass is 394 g/mol. The first-order chi connectivity index (χ1) is 13.9. The molecule has 1 aromatic heterocycles. The van der Waals surface area contributed by atoms with Crippen LogP contribution < -0.4 is 10.1 Å². The third-order valence-corrected chi connectivity index (χ3v) is 4.77. The number of para-hydroxylation sites is 3. The number of fused-ring (bicyclic) bond motifs is 1. The molecule has 0 saturated carbocycles. The number of benzene rings is 2. The van der Waals surface area contributed by atoms with E-state index in [1.165, 1.54) is 7.11 Å². The second kappa shape index (κ2) is 8.77. The highest BCUT2D eigenvalue weighted by Gasteiger charge is 2.28. The molecule has 0 aliphatic rings. The van der Waals surface area contributed by atoms with Crippen LogP contribution in [0.3, 0.4) is 0 Å². The number of nitrogens with one attached hydrogen (secondary N) is 2. The lowest BCUT2D eigenvalue weighted by Crippen LogP contribution is -2.50. The summed E-state index contributed by atoms with van der Waals surface area (Å²) >= 11 is 0. The fourth-order valence-corrected chi connectivity index (χ4v) is 3.19. The van der Waals surface area contributed by atoms with Crippen molar-refractivity contribution < 1.29 is 14.3 Å². The normalized spacial score (nSPS) is 12.0. The van der Waals surface area contributed by atoms with Gasteiger partial charge in [0.2, 0.25) is 5.91 Å². The summed E-state index contributed by atoms with van der Waals surface area (Å²) in [5.41, 5.74) is 2.18. The second-order valence-electron chi connectivity index (χ2n) is 7.29. The molecule has 1 unspecified atom stereocenters. The van der Waals surface area contributed by atoms with Gasteiger partial charge in [-0.25, -0.2) is 4.98 Å². The Morgan fingerprint density at radius 1 is 1.14 bits per heavy atom. The van der Waals surface area contributed by atoms with Gasteiger partial charge in [-0.1, -0.05) is 38.1 Å². The molecule has 0 saturated heterocycles. The Balaban J connectivity index is 1.73. The SMILES string of the molecule is COc1ccccc1C(=O)NC(C(=O)N(C)Cc1nc2ccccc2[nH]1)C(C)C. The molecule has 2 amide bonds. The number of aromatic amines is 1. The lowest BCUT2D eigenvalue weighted by Gasteiger charge is -2.27. The van der Waals surface area contributed by atoms with Gasteiger partial charge in [0.15, 0.2) is 0 Å². The van der Waals surface area contributed by atoms with Gasteiger partial charge in [-0.05, 0) is 30.2 Å². The van der Waals surface area contributed by atoms with Gasteiger partial charge in [0.1, 0.15) is 17.6 Å². The highest BCUT2D eigenvalue weighted by atomic mass is 16.5. The van der Waals surface area contributed by atoms with Gasteiger partial charge < -0.3 is 19.9 Å². The lowest BCUT2D eigenvalue weighted by atomic mass is 10.0. The van der Waals surface area contributed by atoms with E-state index in [0.717, 1.165) is 11.0 Å². The molecule has 2 aromatic carbocycles. The number of carbonyl (C=O) groups excluding carboxylic acids is 2. The van der Waals surface area contributed by atoms with Crippen LogP contribution in [0.5, 0.6) is 5.75 Å². The number of hydrogen-bond donors (Lipinski definition) is 2. The molecular formula is C22H26N4O3. The summed E-state index contributed by atoms with van der Waals surface area (Å²) in [6.07, 6.45) is 0. The van der Waals surface area contributed by atoms with Gasteiger partial charge in [-0.15, -0.1) is 0 Å². The standard InChI is InChI=1S/C22H26N4O3/c1-14(2)20(25-21(27)15-9-5-8-12-18(15)29-4)22(28)26(3)13-19-23-16-10-6-7-11-17(16)24-19/h5-12,14,20H,13H2,1-4H3,(H,23,24)(H,25,27). The number of H-pyrrole nitrogens is 1. The van der Waals surface area contributed by atoms with Crippen LogP contribution in [0.1, 0.15) is 30.0 Å². The zero-order valence-corrected chi connectivity index (χ0v) is 17.1. The number of rotatable bonds is 7. The first-order valence-corrected chi connectivity index (χ1v) is 9.53. The molecule has 0 spiro atoms. The summed E-state index contributed by atoms with van der Waals surface area (Å²) in [7, 11) is 3.22. The first kappa shape index (κ1) is 20.4. The number of carbonyl (C=O) groups is 2. The van der Waals surface area contributed by atoms with E-state index in [4.69, 9.17) is 4.74 Å². The van der Waals surface area contributed by atoms with Crippen LogP contribution in [0.25, 0.3) is 11.0 Å². The molecule has 7 heteroatoms. The van der Waals surface area contributed by atoms with E-state index >= 15 is 0 Å². The summed E-state index contributed by atoms with van der Waals surface area (Å²) in [5.74, 6) is 0.561. The van der Waals surface area contributed by atoms with E-state index in [1.807, 2.05) is 38.1 Å². The Hall–Kier alpha value is -3.35. The summed E-state index contributed by atoms with van der Waals surface area (Å²) in [4.78, 5) is 35.1. The smallest absolute Gasteiger partial charge is 0.255 e. The van der Waals surface area contributed by atoms with Crippen molar-refractivity contribution >= 4 is 22.8 Å². The summed E-state index contributed by atoms with van der Waals surface area (Å²) in [6, 6.07) is 14.0. The fraction of sp³-hybridized carbons (Fsp3) is 0.318. The third kappa shape index (κ3) is 4.56.